The average Bonchev–Trinajstić information content (AvgIpc) is 2.75. The molecule has 0 atom stereocenters. The van der Waals surface area contributed by atoms with Gasteiger partial charge in [-0.15, -0.1) is 0 Å². The second kappa shape index (κ2) is 2.77. The molecule has 2 heteroatoms. The van der Waals surface area contributed by atoms with E-state index in [4.69, 9.17) is 4.74 Å². The van der Waals surface area contributed by atoms with Crippen molar-refractivity contribution in [1.82, 2.24) is 4.98 Å². The van der Waals surface area contributed by atoms with Crippen molar-refractivity contribution in [2.75, 3.05) is 7.11 Å². The van der Waals surface area contributed by atoms with Gasteiger partial charge in [0.15, 0.2) is 0 Å². The molecule has 0 fully saturated rings. The van der Waals surface area contributed by atoms with Gasteiger partial charge in [0.25, 0.3) is 0 Å². The summed E-state index contributed by atoms with van der Waals surface area (Å²) in [6.45, 7) is 0. The van der Waals surface area contributed by atoms with Crippen LogP contribution in [0.4, 0.5) is 0 Å². The fraction of sp³-hybridized carbons (Fsp3) is 0.333. The minimum absolute atomic E-state index is 0.928. The third-order valence-corrected chi connectivity index (χ3v) is 3.06. The first-order valence-corrected chi connectivity index (χ1v) is 5.06. The first-order valence-electron chi connectivity index (χ1n) is 5.06. The molecule has 3 rings (SSSR count). The maximum absolute atomic E-state index is 5.20. The van der Waals surface area contributed by atoms with Crippen LogP contribution in [0.5, 0.6) is 5.75 Å². The van der Waals surface area contributed by atoms with Gasteiger partial charge < -0.3 is 9.72 Å². The SMILES string of the molecule is COc1ccc2c3c([nH]c2c1)CCC3. The summed E-state index contributed by atoms with van der Waals surface area (Å²) in [5, 5.41) is 1.37. The van der Waals surface area contributed by atoms with Gasteiger partial charge in [-0.3, -0.25) is 0 Å². The quantitative estimate of drug-likeness (QED) is 0.729. The maximum Gasteiger partial charge on any atom is 0.120 e. The van der Waals surface area contributed by atoms with Crippen LogP contribution < -0.4 is 4.74 Å². The van der Waals surface area contributed by atoms with E-state index in [1.54, 1.807) is 7.11 Å². The minimum Gasteiger partial charge on any atom is -0.497 e. The van der Waals surface area contributed by atoms with E-state index in [-0.39, 0.29) is 0 Å². The number of hydrogen-bond donors (Lipinski definition) is 1. The molecule has 1 aromatic heterocycles. The molecule has 0 unspecified atom stereocenters. The largest absolute Gasteiger partial charge is 0.497 e. The Hall–Kier alpha value is -1.44. The molecule has 0 saturated carbocycles. The molecule has 1 heterocycles. The lowest BCUT2D eigenvalue weighted by atomic mass is 10.1. The minimum atomic E-state index is 0.928. The number of aryl methyl sites for hydroxylation is 2. The topological polar surface area (TPSA) is 25.0 Å². The average molecular weight is 187 g/mol. The van der Waals surface area contributed by atoms with Gasteiger partial charge in [0.1, 0.15) is 5.75 Å². The molecule has 72 valence electrons. The van der Waals surface area contributed by atoms with E-state index in [2.05, 4.69) is 17.1 Å². The number of aromatic nitrogens is 1. The maximum atomic E-state index is 5.20. The highest BCUT2D eigenvalue weighted by atomic mass is 16.5. The number of ether oxygens (including phenoxy) is 1. The van der Waals surface area contributed by atoms with Crippen LogP contribution in [-0.4, -0.2) is 12.1 Å². The Kier molecular flexibility index (Phi) is 1.57. The Balaban J connectivity index is 2.27. The van der Waals surface area contributed by atoms with Crippen LogP contribution in [0.1, 0.15) is 17.7 Å². The highest BCUT2D eigenvalue weighted by molar-refractivity contribution is 5.86. The molecule has 0 spiro atoms. The number of aromatic amines is 1. The molecular formula is C12H13NO. The van der Waals surface area contributed by atoms with Crippen LogP contribution in [0.15, 0.2) is 18.2 Å². The predicted molar refractivity (Wildman–Crippen MR) is 56.9 cm³/mol. The van der Waals surface area contributed by atoms with Crippen molar-refractivity contribution in [2.45, 2.75) is 19.3 Å². The Morgan fingerprint density at radius 2 is 2.21 bits per heavy atom. The number of hydrogen-bond acceptors (Lipinski definition) is 1. The number of fused-ring (bicyclic) bond motifs is 3. The molecule has 0 bridgehead atoms. The van der Waals surface area contributed by atoms with Crippen molar-refractivity contribution >= 4 is 10.9 Å². The summed E-state index contributed by atoms with van der Waals surface area (Å²) in [7, 11) is 1.71. The first kappa shape index (κ1) is 7.92. The third-order valence-electron chi connectivity index (χ3n) is 3.06. The van der Waals surface area contributed by atoms with Gasteiger partial charge >= 0.3 is 0 Å². The van der Waals surface area contributed by atoms with E-state index in [1.165, 1.54) is 41.4 Å². The summed E-state index contributed by atoms with van der Waals surface area (Å²) >= 11 is 0. The molecule has 14 heavy (non-hydrogen) atoms. The zero-order valence-electron chi connectivity index (χ0n) is 8.26. The lowest BCUT2D eigenvalue weighted by Crippen LogP contribution is -1.82. The van der Waals surface area contributed by atoms with Crippen molar-refractivity contribution < 1.29 is 4.74 Å². The zero-order valence-corrected chi connectivity index (χ0v) is 8.26. The van der Waals surface area contributed by atoms with Crippen molar-refractivity contribution in [3.05, 3.63) is 29.5 Å². The fourth-order valence-corrected chi connectivity index (χ4v) is 2.36. The molecule has 0 radical (unpaired) electrons. The second-order valence-corrected chi connectivity index (χ2v) is 3.85. The van der Waals surface area contributed by atoms with Gasteiger partial charge in [-0.25, -0.2) is 0 Å². The number of nitrogens with one attached hydrogen (secondary N) is 1. The summed E-state index contributed by atoms with van der Waals surface area (Å²) in [5.74, 6) is 0.928. The molecule has 1 N–H and O–H groups in total. The van der Waals surface area contributed by atoms with Crippen molar-refractivity contribution in [3.63, 3.8) is 0 Å². The molecule has 1 aromatic carbocycles. The molecule has 2 nitrogen and oxygen atoms in total. The fourth-order valence-electron chi connectivity index (χ4n) is 2.36. The number of rotatable bonds is 1. The zero-order chi connectivity index (χ0) is 9.54. The molecule has 0 aliphatic heterocycles. The van der Waals surface area contributed by atoms with E-state index in [9.17, 15) is 0 Å². The Morgan fingerprint density at radius 1 is 1.29 bits per heavy atom. The smallest absolute Gasteiger partial charge is 0.120 e. The summed E-state index contributed by atoms with van der Waals surface area (Å²) in [6.07, 6.45) is 3.72. The lowest BCUT2D eigenvalue weighted by molar-refractivity contribution is 0.415. The Labute approximate surface area is 82.9 Å². The van der Waals surface area contributed by atoms with Gasteiger partial charge in [-0.1, -0.05) is 0 Å². The third kappa shape index (κ3) is 0.969. The van der Waals surface area contributed by atoms with Gasteiger partial charge in [0.2, 0.25) is 0 Å². The van der Waals surface area contributed by atoms with E-state index in [0.717, 1.165) is 5.75 Å². The van der Waals surface area contributed by atoms with Gasteiger partial charge in [-0.2, -0.15) is 0 Å². The van der Waals surface area contributed by atoms with Crippen LogP contribution in [0.2, 0.25) is 0 Å². The van der Waals surface area contributed by atoms with Crippen LogP contribution in [0, 0.1) is 0 Å². The summed E-state index contributed by atoms with van der Waals surface area (Å²) < 4.78 is 5.20. The standard InChI is InChI=1S/C12H13NO/c1-14-8-5-6-10-9-3-2-4-11(9)13-12(10)7-8/h5-7,13H,2-4H2,1H3. The number of methoxy groups -OCH3 is 1. The van der Waals surface area contributed by atoms with E-state index < -0.39 is 0 Å². The van der Waals surface area contributed by atoms with E-state index in [1.807, 2.05) is 6.07 Å². The highest BCUT2D eigenvalue weighted by Crippen LogP contribution is 2.31. The molecule has 1 aliphatic rings. The van der Waals surface area contributed by atoms with E-state index in [0.29, 0.717) is 0 Å². The van der Waals surface area contributed by atoms with Crippen molar-refractivity contribution in [3.8, 4) is 5.75 Å². The van der Waals surface area contributed by atoms with Crippen LogP contribution in [-0.2, 0) is 12.8 Å². The summed E-state index contributed by atoms with van der Waals surface area (Å²) in [6, 6.07) is 6.28. The van der Waals surface area contributed by atoms with Crippen LogP contribution in [0.25, 0.3) is 10.9 Å². The van der Waals surface area contributed by atoms with Crippen molar-refractivity contribution in [2.24, 2.45) is 0 Å². The van der Waals surface area contributed by atoms with Crippen molar-refractivity contribution in [1.29, 1.82) is 0 Å². The predicted octanol–water partition coefficient (Wildman–Crippen LogP) is 2.67. The molecule has 2 aromatic rings. The van der Waals surface area contributed by atoms with Gasteiger partial charge in [0, 0.05) is 22.7 Å². The monoisotopic (exact) mass is 187 g/mol. The van der Waals surface area contributed by atoms with Gasteiger partial charge in [-0.05, 0) is 37.0 Å². The number of H-pyrrole nitrogens is 1. The van der Waals surface area contributed by atoms with Crippen LogP contribution in [0.3, 0.4) is 0 Å². The highest BCUT2D eigenvalue weighted by Gasteiger charge is 2.16. The Bertz CT molecular complexity index is 484. The molecule has 0 saturated heterocycles. The second-order valence-electron chi connectivity index (χ2n) is 3.85. The first-order chi connectivity index (χ1) is 6.88. The Morgan fingerprint density at radius 3 is 3.07 bits per heavy atom. The normalized spacial score (nSPS) is 14.6. The number of benzene rings is 1. The van der Waals surface area contributed by atoms with E-state index >= 15 is 0 Å². The van der Waals surface area contributed by atoms with Crippen LogP contribution >= 0.6 is 0 Å². The summed E-state index contributed by atoms with van der Waals surface area (Å²) in [5.41, 5.74) is 4.16. The summed E-state index contributed by atoms with van der Waals surface area (Å²) in [4.78, 5) is 3.47. The van der Waals surface area contributed by atoms with Gasteiger partial charge in [0.05, 0.1) is 7.11 Å². The molecule has 1 aliphatic carbocycles. The molecular weight excluding hydrogens is 174 g/mol. The molecule has 0 amide bonds. The lowest BCUT2D eigenvalue weighted by Gasteiger charge is -1.99.